The first-order valence-electron chi connectivity index (χ1n) is 9.89. The van der Waals surface area contributed by atoms with Gasteiger partial charge in [0.1, 0.15) is 17.5 Å². The zero-order chi connectivity index (χ0) is 21.8. The molecular formula is C22H23N3O4S2. The molecule has 162 valence electrons. The van der Waals surface area contributed by atoms with Gasteiger partial charge in [0.05, 0.1) is 26.3 Å². The van der Waals surface area contributed by atoms with Gasteiger partial charge in [-0.25, -0.2) is 4.98 Å². The number of aromatic nitrogens is 1. The number of hydrogen-bond donors (Lipinski definition) is 1. The first kappa shape index (κ1) is 21.3. The van der Waals surface area contributed by atoms with Crippen molar-refractivity contribution in [2.45, 2.75) is 25.3 Å². The highest BCUT2D eigenvalue weighted by Crippen LogP contribution is 2.35. The van der Waals surface area contributed by atoms with Gasteiger partial charge in [-0.15, -0.1) is 22.7 Å². The van der Waals surface area contributed by atoms with Crippen LogP contribution in [0.4, 0.5) is 5.13 Å². The van der Waals surface area contributed by atoms with Crippen LogP contribution in [0.5, 0.6) is 11.5 Å². The van der Waals surface area contributed by atoms with E-state index in [0.29, 0.717) is 41.7 Å². The maximum absolute atomic E-state index is 12.9. The van der Waals surface area contributed by atoms with Crippen molar-refractivity contribution in [1.29, 1.82) is 0 Å². The first-order valence-corrected chi connectivity index (χ1v) is 11.7. The van der Waals surface area contributed by atoms with Gasteiger partial charge in [-0.1, -0.05) is 6.07 Å². The second-order valence-electron chi connectivity index (χ2n) is 7.09. The van der Waals surface area contributed by atoms with Gasteiger partial charge >= 0.3 is 0 Å². The number of carbonyl (C=O) groups is 2. The van der Waals surface area contributed by atoms with E-state index in [-0.39, 0.29) is 11.8 Å². The van der Waals surface area contributed by atoms with Crippen LogP contribution in [0.25, 0.3) is 11.3 Å². The first-order chi connectivity index (χ1) is 15.1. The van der Waals surface area contributed by atoms with Crippen molar-refractivity contribution < 1.29 is 19.1 Å². The average Bonchev–Trinajstić information content (AvgIpc) is 3.54. The Morgan fingerprint density at radius 1 is 1.23 bits per heavy atom. The molecule has 1 fully saturated rings. The van der Waals surface area contributed by atoms with Gasteiger partial charge < -0.3 is 19.7 Å². The summed E-state index contributed by atoms with van der Waals surface area (Å²) in [5.41, 5.74) is 1.47. The van der Waals surface area contributed by atoms with Gasteiger partial charge in [-0.2, -0.15) is 0 Å². The molecule has 0 spiro atoms. The van der Waals surface area contributed by atoms with Crippen LogP contribution in [-0.2, 0) is 16.0 Å². The van der Waals surface area contributed by atoms with Crippen molar-refractivity contribution in [2.24, 2.45) is 0 Å². The normalized spacial score (nSPS) is 15.7. The number of methoxy groups -OCH3 is 2. The monoisotopic (exact) mass is 457 g/mol. The number of amides is 2. The molecule has 9 heteroatoms. The average molecular weight is 458 g/mol. The molecule has 1 N–H and O–H groups in total. The molecule has 2 amide bonds. The molecule has 4 rings (SSSR count). The SMILES string of the molecule is COc1ccc(OC)c(-c2csc(NC(=O)C3CCCN3C(=O)Cc3cccs3)n2)c1. The standard InChI is InChI=1S/C22H23N3O4S2/c1-28-14-7-8-19(29-2)16(11-14)17-13-31-22(23-17)24-21(27)18-6-3-9-25(18)20(26)12-15-5-4-10-30-15/h4-5,7-8,10-11,13,18H,3,6,9,12H2,1-2H3,(H,23,24,27). The molecule has 1 aliphatic heterocycles. The Kier molecular flexibility index (Phi) is 6.53. The molecule has 1 unspecified atom stereocenters. The molecule has 0 aliphatic carbocycles. The predicted molar refractivity (Wildman–Crippen MR) is 122 cm³/mol. The highest BCUT2D eigenvalue weighted by molar-refractivity contribution is 7.14. The number of carbonyl (C=O) groups excluding carboxylic acids is 2. The third kappa shape index (κ3) is 4.72. The lowest BCUT2D eigenvalue weighted by atomic mass is 10.1. The van der Waals surface area contributed by atoms with E-state index in [0.717, 1.165) is 16.9 Å². The number of hydrogen-bond acceptors (Lipinski definition) is 7. The largest absolute Gasteiger partial charge is 0.497 e. The summed E-state index contributed by atoms with van der Waals surface area (Å²) in [7, 11) is 3.20. The van der Waals surface area contributed by atoms with E-state index in [9.17, 15) is 9.59 Å². The van der Waals surface area contributed by atoms with Crippen molar-refractivity contribution in [2.75, 3.05) is 26.1 Å². The van der Waals surface area contributed by atoms with Crippen LogP contribution < -0.4 is 14.8 Å². The Labute approximate surface area is 188 Å². The lowest BCUT2D eigenvalue weighted by Crippen LogP contribution is -2.43. The van der Waals surface area contributed by atoms with Gasteiger partial charge in [0.25, 0.3) is 0 Å². The molecule has 3 heterocycles. The summed E-state index contributed by atoms with van der Waals surface area (Å²) in [4.78, 5) is 32.9. The van der Waals surface area contributed by atoms with Crippen LogP contribution in [-0.4, -0.2) is 48.5 Å². The molecular weight excluding hydrogens is 434 g/mol. The number of thiophene rings is 1. The molecule has 0 bridgehead atoms. The molecule has 1 aromatic carbocycles. The van der Waals surface area contributed by atoms with Crippen molar-refractivity contribution in [3.8, 4) is 22.8 Å². The smallest absolute Gasteiger partial charge is 0.248 e. The molecule has 1 saturated heterocycles. The summed E-state index contributed by atoms with van der Waals surface area (Å²) < 4.78 is 10.7. The molecule has 2 aromatic heterocycles. The number of ether oxygens (including phenoxy) is 2. The minimum Gasteiger partial charge on any atom is -0.497 e. The topological polar surface area (TPSA) is 80.8 Å². The number of rotatable bonds is 7. The molecule has 1 atom stereocenters. The van der Waals surface area contributed by atoms with Crippen LogP contribution in [0.15, 0.2) is 41.1 Å². The summed E-state index contributed by atoms with van der Waals surface area (Å²) in [5, 5.41) is 7.19. The summed E-state index contributed by atoms with van der Waals surface area (Å²) >= 11 is 2.89. The Hall–Kier alpha value is -2.91. The zero-order valence-electron chi connectivity index (χ0n) is 17.3. The number of thiazole rings is 1. The fraction of sp³-hybridized carbons (Fsp3) is 0.318. The van der Waals surface area contributed by atoms with E-state index in [1.165, 1.54) is 11.3 Å². The quantitative estimate of drug-likeness (QED) is 0.579. The maximum atomic E-state index is 12.9. The summed E-state index contributed by atoms with van der Waals surface area (Å²) in [6.07, 6.45) is 1.81. The van der Waals surface area contributed by atoms with Gasteiger partial charge in [-0.05, 0) is 42.5 Å². The van der Waals surface area contributed by atoms with Crippen molar-refractivity contribution >= 4 is 39.6 Å². The van der Waals surface area contributed by atoms with E-state index >= 15 is 0 Å². The molecule has 0 radical (unpaired) electrons. The van der Waals surface area contributed by atoms with E-state index in [4.69, 9.17) is 9.47 Å². The Morgan fingerprint density at radius 3 is 2.84 bits per heavy atom. The highest BCUT2D eigenvalue weighted by Gasteiger charge is 2.34. The molecule has 1 aliphatic rings. The lowest BCUT2D eigenvalue weighted by molar-refractivity contribution is -0.136. The second-order valence-corrected chi connectivity index (χ2v) is 8.99. The minimum absolute atomic E-state index is 0.0129. The summed E-state index contributed by atoms with van der Waals surface area (Å²) in [6.45, 7) is 0.604. The highest BCUT2D eigenvalue weighted by atomic mass is 32.1. The van der Waals surface area contributed by atoms with Gasteiger partial charge in [0.15, 0.2) is 5.13 Å². The Bertz CT molecular complexity index is 1060. The third-order valence-corrected chi connectivity index (χ3v) is 6.83. The molecule has 3 aromatic rings. The molecule has 0 saturated carbocycles. The number of nitrogens with one attached hydrogen (secondary N) is 1. The Balaban J connectivity index is 1.46. The van der Waals surface area contributed by atoms with Crippen LogP contribution in [0.2, 0.25) is 0 Å². The summed E-state index contributed by atoms with van der Waals surface area (Å²) in [6, 6.07) is 8.89. The van der Waals surface area contributed by atoms with Gasteiger partial charge in [-0.3, -0.25) is 9.59 Å². The fourth-order valence-corrected chi connectivity index (χ4v) is 5.07. The fourth-order valence-electron chi connectivity index (χ4n) is 3.66. The summed E-state index contributed by atoms with van der Waals surface area (Å²) in [5.74, 6) is 1.15. The minimum atomic E-state index is -0.467. The van der Waals surface area contributed by atoms with Crippen LogP contribution in [0.3, 0.4) is 0 Å². The molecule has 7 nitrogen and oxygen atoms in total. The zero-order valence-corrected chi connectivity index (χ0v) is 18.9. The van der Waals surface area contributed by atoms with Crippen molar-refractivity contribution in [1.82, 2.24) is 9.88 Å². The predicted octanol–water partition coefficient (Wildman–Crippen LogP) is 4.06. The third-order valence-electron chi connectivity index (χ3n) is 5.20. The number of benzene rings is 1. The second kappa shape index (κ2) is 9.49. The Morgan fingerprint density at radius 2 is 2.10 bits per heavy atom. The van der Waals surface area contributed by atoms with Gasteiger partial charge in [0, 0.05) is 22.4 Å². The van der Waals surface area contributed by atoms with E-state index < -0.39 is 6.04 Å². The maximum Gasteiger partial charge on any atom is 0.248 e. The van der Waals surface area contributed by atoms with E-state index in [1.54, 1.807) is 30.5 Å². The number of nitrogens with zero attached hydrogens (tertiary/aromatic N) is 2. The van der Waals surface area contributed by atoms with E-state index in [1.807, 2.05) is 41.1 Å². The van der Waals surface area contributed by atoms with Crippen molar-refractivity contribution in [3.05, 3.63) is 46.0 Å². The van der Waals surface area contributed by atoms with E-state index in [2.05, 4.69) is 10.3 Å². The molecule has 31 heavy (non-hydrogen) atoms. The lowest BCUT2D eigenvalue weighted by Gasteiger charge is -2.23. The van der Waals surface area contributed by atoms with Crippen LogP contribution in [0, 0.1) is 0 Å². The van der Waals surface area contributed by atoms with Crippen LogP contribution >= 0.6 is 22.7 Å². The van der Waals surface area contributed by atoms with Gasteiger partial charge in [0.2, 0.25) is 11.8 Å². The van der Waals surface area contributed by atoms with Crippen LogP contribution in [0.1, 0.15) is 17.7 Å². The number of anilines is 1. The van der Waals surface area contributed by atoms with Crippen molar-refractivity contribution in [3.63, 3.8) is 0 Å². The number of likely N-dealkylation sites (tertiary alicyclic amines) is 1.